The highest BCUT2D eigenvalue weighted by atomic mass is 79.9. The van der Waals surface area contributed by atoms with E-state index in [0.29, 0.717) is 22.3 Å². The molecule has 0 heterocycles. The molecule has 2 amide bonds. The van der Waals surface area contributed by atoms with Crippen molar-refractivity contribution in [3.63, 3.8) is 0 Å². The van der Waals surface area contributed by atoms with Crippen LogP contribution in [0.15, 0.2) is 39.9 Å². The standard InChI is InChI=1S/C19H20BrN3O4/c1-4-27-16-9-13(8-15(20)17(16)24)10-21-23-19(26)18(25)22-14-6-11(2)5-12(3)7-14/h5-10,24H,4H2,1-3H3,(H,22,25)(H,23,26)/b21-10-. The van der Waals surface area contributed by atoms with Crippen LogP contribution in [0.4, 0.5) is 5.69 Å². The van der Waals surface area contributed by atoms with Crippen LogP contribution in [-0.4, -0.2) is 29.7 Å². The van der Waals surface area contributed by atoms with Crippen LogP contribution in [0, 0.1) is 13.8 Å². The summed E-state index contributed by atoms with van der Waals surface area (Å²) in [6, 6.07) is 8.67. The summed E-state index contributed by atoms with van der Waals surface area (Å²) < 4.78 is 5.74. The number of phenolic OH excluding ortho intramolecular Hbond substituents is 1. The number of phenols is 1. The van der Waals surface area contributed by atoms with Gasteiger partial charge in [0, 0.05) is 5.69 Å². The van der Waals surface area contributed by atoms with Gasteiger partial charge in [0.1, 0.15) is 0 Å². The Morgan fingerprint density at radius 1 is 1.15 bits per heavy atom. The minimum absolute atomic E-state index is 0.0224. The predicted molar refractivity (Wildman–Crippen MR) is 107 cm³/mol. The Balaban J connectivity index is 2.01. The summed E-state index contributed by atoms with van der Waals surface area (Å²) in [6.07, 6.45) is 1.34. The Labute approximate surface area is 165 Å². The highest BCUT2D eigenvalue weighted by Crippen LogP contribution is 2.35. The smallest absolute Gasteiger partial charge is 0.329 e. The number of nitrogens with one attached hydrogen (secondary N) is 2. The molecular weight excluding hydrogens is 414 g/mol. The zero-order chi connectivity index (χ0) is 20.0. The molecule has 0 atom stereocenters. The normalized spacial score (nSPS) is 10.7. The summed E-state index contributed by atoms with van der Waals surface area (Å²) in [7, 11) is 0. The van der Waals surface area contributed by atoms with E-state index in [0.717, 1.165) is 11.1 Å². The lowest BCUT2D eigenvalue weighted by atomic mass is 10.1. The number of hydrogen-bond acceptors (Lipinski definition) is 5. The number of aromatic hydroxyl groups is 1. The van der Waals surface area contributed by atoms with Crippen molar-refractivity contribution in [2.45, 2.75) is 20.8 Å². The van der Waals surface area contributed by atoms with Gasteiger partial charge in [-0.3, -0.25) is 9.59 Å². The van der Waals surface area contributed by atoms with Gasteiger partial charge in [-0.15, -0.1) is 0 Å². The van der Waals surface area contributed by atoms with Crippen molar-refractivity contribution in [1.29, 1.82) is 0 Å². The number of anilines is 1. The van der Waals surface area contributed by atoms with Gasteiger partial charge in [-0.1, -0.05) is 6.07 Å². The lowest BCUT2D eigenvalue weighted by molar-refractivity contribution is -0.136. The largest absolute Gasteiger partial charge is 0.503 e. The average molecular weight is 434 g/mol. The third-order valence-corrected chi connectivity index (χ3v) is 4.02. The molecule has 0 aliphatic rings. The topological polar surface area (TPSA) is 100 Å². The molecule has 142 valence electrons. The van der Waals surface area contributed by atoms with E-state index in [1.807, 2.05) is 19.9 Å². The lowest BCUT2D eigenvalue weighted by Crippen LogP contribution is -2.32. The first-order valence-electron chi connectivity index (χ1n) is 8.18. The molecule has 27 heavy (non-hydrogen) atoms. The molecule has 2 aromatic carbocycles. The first-order chi connectivity index (χ1) is 12.8. The van der Waals surface area contributed by atoms with Crippen molar-refractivity contribution < 1.29 is 19.4 Å². The van der Waals surface area contributed by atoms with Crippen LogP contribution in [0.25, 0.3) is 0 Å². The molecule has 0 aliphatic carbocycles. The number of aryl methyl sites for hydroxylation is 2. The van der Waals surface area contributed by atoms with Crippen molar-refractivity contribution >= 4 is 39.6 Å². The predicted octanol–water partition coefficient (Wildman–Crippen LogP) is 3.26. The van der Waals surface area contributed by atoms with Gasteiger partial charge in [-0.05, 0) is 77.7 Å². The summed E-state index contributed by atoms with van der Waals surface area (Å²) in [5.74, 6) is -1.45. The number of hydrogen-bond donors (Lipinski definition) is 3. The Hall–Kier alpha value is -2.87. The summed E-state index contributed by atoms with van der Waals surface area (Å²) in [6.45, 7) is 5.98. The van der Waals surface area contributed by atoms with Gasteiger partial charge in [0.05, 0.1) is 17.3 Å². The van der Waals surface area contributed by atoms with E-state index in [4.69, 9.17) is 4.74 Å². The first kappa shape index (κ1) is 20.4. The van der Waals surface area contributed by atoms with Crippen molar-refractivity contribution in [2.24, 2.45) is 5.10 Å². The number of rotatable bonds is 5. The Morgan fingerprint density at radius 3 is 2.44 bits per heavy atom. The number of nitrogens with zero attached hydrogens (tertiary/aromatic N) is 1. The Bertz CT molecular complexity index is 877. The number of carbonyl (C=O) groups is 2. The fourth-order valence-corrected chi connectivity index (χ4v) is 2.84. The molecule has 0 aromatic heterocycles. The third kappa shape index (κ3) is 5.82. The van der Waals surface area contributed by atoms with E-state index in [-0.39, 0.29) is 11.5 Å². The van der Waals surface area contributed by atoms with Crippen molar-refractivity contribution in [1.82, 2.24) is 5.43 Å². The third-order valence-electron chi connectivity index (χ3n) is 3.42. The van der Waals surface area contributed by atoms with Crippen LogP contribution in [0.2, 0.25) is 0 Å². The van der Waals surface area contributed by atoms with Crippen molar-refractivity contribution in [3.8, 4) is 11.5 Å². The van der Waals surface area contributed by atoms with E-state index in [1.165, 1.54) is 6.21 Å². The number of amides is 2. The molecule has 0 unspecified atom stereocenters. The second-order valence-electron chi connectivity index (χ2n) is 5.81. The molecule has 2 aromatic rings. The van der Waals surface area contributed by atoms with E-state index < -0.39 is 11.8 Å². The molecule has 2 rings (SSSR count). The quantitative estimate of drug-likeness (QED) is 0.382. The number of carbonyl (C=O) groups excluding carboxylic acids is 2. The molecule has 0 radical (unpaired) electrons. The van der Waals surface area contributed by atoms with Gasteiger partial charge in [-0.25, -0.2) is 5.43 Å². The van der Waals surface area contributed by atoms with Gasteiger partial charge < -0.3 is 15.2 Å². The molecular formula is C19H20BrN3O4. The van der Waals surface area contributed by atoms with Gasteiger partial charge in [0.15, 0.2) is 11.5 Å². The molecule has 0 saturated carbocycles. The van der Waals surface area contributed by atoms with Gasteiger partial charge >= 0.3 is 11.8 Å². The van der Waals surface area contributed by atoms with E-state index in [9.17, 15) is 14.7 Å². The van der Waals surface area contributed by atoms with E-state index in [1.54, 1.807) is 31.2 Å². The van der Waals surface area contributed by atoms with E-state index in [2.05, 4.69) is 31.8 Å². The minimum atomic E-state index is -0.895. The van der Waals surface area contributed by atoms with Crippen molar-refractivity contribution in [3.05, 3.63) is 51.5 Å². The summed E-state index contributed by atoms with van der Waals surface area (Å²) in [5.41, 5.74) is 5.23. The molecule has 8 heteroatoms. The molecule has 7 nitrogen and oxygen atoms in total. The first-order valence-corrected chi connectivity index (χ1v) is 8.97. The van der Waals surface area contributed by atoms with Crippen LogP contribution in [-0.2, 0) is 9.59 Å². The van der Waals surface area contributed by atoms with Gasteiger partial charge in [-0.2, -0.15) is 5.10 Å². The zero-order valence-corrected chi connectivity index (χ0v) is 16.8. The Kier molecular flexibility index (Phi) is 6.95. The van der Waals surface area contributed by atoms with Crippen LogP contribution in [0.3, 0.4) is 0 Å². The number of ether oxygens (including phenoxy) is 1. The number of halogens is 1. The fraction of sp³-hybridized carbons (Fsp3) is 0.211. The minimum Gasteiger partial charge on any atom is -0.503 e. The van der Waals surface area contributed by atoms with Crippen LogP contribution in [0.5, 0.6) is 11.5 Å². The summed E-state index contributed by atoms with van der Waals surface area (Å²) in [5, 5.41) is 16.2. The molecule has 0 saturated heterocycles. The van der Waals surface area contributed by atoms with Gasteiger partial charge in [0.2, 0.25) is 0 Å². The molecule has 0 aliphatic heterocycles. The second-order valence-corrected chi connectivity index (χ2v) is 6.67. The van der Waals surface area contributed by atoms with Gasteiger partial charge in [0.25, 0.3) is 0 Å². The maximum atomic E-state index is 12.0. The Morgan fingerprint density at radius 2 is 1.81 bits per heavy atom. The summed E-state index contributed by atoms with van der Waals surface area (Å²) >= 11 is 3.22. The molecule has 0 spiro atoms. The monoisotopic (exact) mass is 433 g/mol. The SMILES string of the molecule is CCOc1cc(/C=N\NC(=O)C(=O)Nc2cc(C)cc(C)c2)cc(Br)c1O. The maximum absolute atomic E-state index is 12.0. The van der Waals surface area contributed by atoms with E-state index >= 15 is 0 Å². The van der Waals surface area contributed by atoms with Crippen LogP contribution >= 0.6 is 15.9 Å². The highest BCUT2D eigenvalue weighted by molar-refractivity contribution is 9.10. The summed E-state index contributed by atoms with van der Waals surface area (Å²) in [4.78, 5) is 23.8. The molecule has 0 fully saturated rings. The molecule has 0 bridgehead atoms. The number of hydrazone groups is 1. The van der Waals surface area contributed by atoms with Crippen molar-refractivity contribution in [2.75, 3.05) is 11.9 Å². The van der Waals surface area contributed by atoms with Crippen LogP contribution < -0.4 is 15.5 Å². The number of benzene rings is 2. The van der Waals surface area contributed by atoms with Crippen LogP contribution in [0.1, 0.15) is 23.6 Å². The lowest BCUT2D eigenvalue weighted by Gasteiger charge is -2.08. The fourth-order valence-electron chi connectivity index (χ4n) is 2.38. The zero-order valence-electron chi connectivity index (χ0n) is 15.2. The highest BCUT2D eigenvalue weighted by Gasteiger charge is 2.13. The molecule has 3 N–H and O–H groups in total. The second kappa shape index (κ2) is 9.18. The average Bonchev–Trinajstić information content (AvgIpc) is 2.58. The maximum Gasteiger partial charge on any atom is 0.329 e.